The molecule has 0 radical (unpaired) electrons. The minimum Gasteiger partial charge on any atom is -0.391 e. The standard InChI is InChI=1S/C27H24ClFN2O/c1-18-6-4-7-21(14-18)17-32-30-19(2)26-16-27(22-10-12-24(29)13-11-22)31(20(26)3)25-9-5-8-23(28)15-25/h4-16H,17H2,1-3H3. The molecule has 4 rings (SSSR count). The molecule has 0 unspecified atom stereocenters. The first-order valence-electron chi connectivity index (χ1n) is 10.4. The molecule has 0 bridgehead atoms. The monoisotopic (exact) mass is 446 g/mol. The molecule has 0 saturated heterocycles. The van der Waals surface area contributed by atoms with Crippen molar-refractivity contribution in [1.82, 2.24) is 4.57 Å². The number of benzene rings is 3. The molecule has 1 aromatic heterocycles. The van der Waals surface area contributed by atoms with Gasteiger partial charge in [-0.05, 0) is 80.4 Å². The highest BCUT2D eigenvalue weighted by molar-refractivity contribution is 6.30. The topological polar surface area (TPSA) is 26.5 Å². The van der Waals surface area contributed by atoms with Gasteiger partial charge in [-0.15, -0.1) is 0 Å². The quantitative estimate of drug-likeness (QED) is 0.222. The highest BCUT2D eigenvalue weighted by Gasteiger charge is 2.17. The van der Waals surface area contributed by atoms with E-state index in [9.17, 15) is 4.39 Å². The second-order valence-electron chi connectivity index (χ2n) is 7.79. The number of oxime groups is 1. The molecule has 0 amide bonds. The zero-order valence-corrected chi connectivity index (χ0v) is 19.0. The first kappa shape index (κ1) is 21.8. The fraction of sp³-hybridized carbons (Fsp3) is 0.148. The molecule has 5 heteroatoms. The average Bonchev–Trinajstić information content (AvgIpc) is 3.11. The van der Waals surface area contributed by atoms with E-state index in [-0.39, 0.29) is 5.82 Å². The third kappa shape index (κ3) is 4.76. The number of nitrogens with zero attached hydrogens (tertiary/aromatic N) is 2. The average molecular weight is 447 g/mol. The Morgan fingerprint density at radius 3 is 2.44 bits per heavy atom. The zero-order valence-electron chi connectivity index (χ0n) is 18.3. The second kappa shape index (κ2) is 9.41. The highest BCUT2D eigenvalue weighted by Crippen LogP contribution is 2.31. The summed E-state index contributed by atoms with van der Waals surface area (Å²) in [4.78, 5) is 5.65. The predicted molar refractivity (Wildman–Crippen MR) is 129 cm³/mol. The van der Waals surface area contributed by atoms with E-state index in [2.05, 4.69) is 34.8 Å². The lowest BCUT2D eigenvalue weighted by Gasteiger charge is -2.13. The van der Waals surface area contributed by atoms with Gasteiger partial charge in [0.2, 0.25) is 0 Å². The van der Waals surface area contributed by atoms with Crippen molar-refractivity contribution in [3.05, 3.63) is 112 Å². The third-order valence-electron chi connectivity index (χ3n) is 5.36. The Kier molecular flexibility index (Phi) is 6.42. The summed E-state index contributed by atoms with van der Waals surface area (Å²) in [6, 6.07) is 24.4. The van der Waals surface area contributed by atoms with Crippen LogP contribution in [0.2, 0.25) is 5.02 Å². The Labute approximate surface area is 192 Å². The minimum atomic E-state index is -0.270. The van der Waals surface area contributed by atoms with Crippen molar-refractivity contribution >= 4 is 17.3 Å². The van der Waals surface area contributed by atoms with Crippen molar-refractivity contribution in [2.45, 2.75) is 27.4 Å². The molecule has 0 saturated carbocycles. The number of aryl methyl sites for hydroxylation is 1. The molecule has 0 aliphatic carbocycles. The van der Waals surface area contributed by atoms with Gasteiger partial charge in [0.05, 0.1) is 11.4 Å². The van der Waals surface area contributed by atoms with Gasteiger partial charge in [0.15, 0.2) is 0 Å². The van der Waals surface area contributed by atoms with Crippen LogP contribution in [-0.4, -0.2) is 10.3 Å². The van der Waals surface area contributed by atoms with E-state index in [1.807, 2.05) is 50.2 Å². The lowest BCUT2D eigenvalue weighted by molar-refractivity contribution is 0.130. The number of hydrogen-bond acceptors (Lipinski definition) is 2. The molecule has 0 N–H and O–H groups in total. The summed E-state index contributed by atoms with van der Waals surface area (Å²) in [6.07, 6.45) is 0. The van der Waals surface area contributed by atoms with Crippen LogP contribution in [0.1, 0.15) is 29.3 Å². The maximum atomic E-state index is 13.5. The van der Waals surface area contributed by atoms with E-state index in [0.717, 1.165) is 39.5 Å². The predicted octanol–water partition coefficient (Wildman–Crippen LogP) is 7.49. The Bertz CT molecular complexity index is 1280. The Morgan fingerprint density at radius 2 is 1.72 bits per heavy atom. The molecule has 0 atom stereocenters. The van der Waals surface area contributed by atoms with Gasteiger partial charge in [0.1, 0.15) is 12.4 Å². The van der Waals surface area contributed by atoms with Crippen LogP contribution in [0.5, 0.6) is 0 Å². The molecular weight excluding hydrogens is 423 g/mol. The van der Waals surface area contributed by atoms with Crippen molar-refractivity contribution in [2.75, 3.05) is 0 Å². The third-order valence-corrected chi connectivity index (χ3v) is 5.59. The van der Waals surface area contributed by atoms with Crippen molar-refractivity contribution in [1.29, 1.82) is 0 Å². The fourth-order valence-electron chi connectivity index (χ4n) is 3.81. The van der Waals surface area contributed by atoms with Crippen molar-refractivity contribution < 1.29 is 9.23 Å². The molecule has 3 nitrogen and oxygen atoms in total. The Balaban J connectivity index is 1.72. The lowest BCUT2D eigenvalue weighted by Crippen LogP contribution is -2.02. The van der Waals surface area contributed by atoms with E-state index in [1.54, 1.807) is 12.1 Å². The summed E-state index contributed by atoms with van der Waals surface area (Å²) in [6.45, 7) is 6.41. The largest absolute Gasteiger partial charge is 0.391 e. The molecule has 32 heavy (non-hydrogen) atoms. The van der Waals surface area contributed by atoms with E-state index < -0.39 is 0 Å². The van der Waals surface area contributed by atoms with Crippen LogP contribution in [0.4, 0.5) is 4.39 Å². The number of halogens is 2. The first-order chi connectivity index (χ1) is 15.4. The summed E-state index contributed by atoms with van der Waals surface area (Å²) in [7, 11) is 0. The summed E-state index contributed by atoms with van der Waals surface area (Å²) in [5, 5.41) is 5.02. The van der Waals surface area contributed by atoms with Crippen LogP contribution in [0.25, 0.3) is 16.9 Å². The van der Waals surface area contributed by atoms with E-state index in [0.29, 0.717) is 11.6 Å². The van der Waals surface area contributed by atoms with Gasteiger partial charge >= 0.3 is 0 Å². The lowest BCUT2D eigenvalue weighted by atomic mass is 10.1. The Morgan fingerprint density at radius 1 is 0.969 bits per heavy atom. The van der Waals surface area contributed by atoms with Crippen LogP contribution < -0.4 is 0 Å². The number of rotatable bonds is 6. The van der Waals surface area contributed by atoms with Gasteiger partial charge in [-0.25, -0.2) is 4.39 Å². The van der Waals surface area contributed by atoms with Crippen molar-refractivity contribution in [2.24, 2.45) is 5.16 Å². The normalized spacial score (nSPS) is 11.6. The number of hydrogen-bond donors (Lipinski definition) is 0. The number of aromatic nitrogens is 1. The molecule has 0 spiro atoms. The van der Waals surface area contributed by atoms with Crippen LogP contribution in [-0.2, 0) is 11.4 Å². The van der Waals surface area contributed by atoms with E-state index >= 15 is 0 Å². The van der Waals surface area contributed by atoms with Crippen LogP contribution in [0.15, 0.2) is 84.0 Å². The van der Waals surface area contributed by atoms with Gasteiger partial charge in [0, 0.05) is 22.0 Å². The smallest absolute Gasteiger partial charge is 0.142 e. The first-order valence-corrected chi connectivity index (χ1v) is 10.8. The van der Waals surface area contributed by atoms with Crippen molar-refractivity contribution in [3.63, 3.8) is 0 Å². The SMILES string of the molecule is CC(=NOCc1cccc(C)c1)c1cc(-c2ccc(F)cc2)n(-c2cccc(Cl)c2)c1C. The molecule has 0 fully saturated rings. The molecule has 162 valence electrons. The summed E-state index contributed by atoms with van der Waals surface area (Å²) < 4.78 is 15.6. The maximum absolute atomic E-state index is 13.5. The summed E-state index contributed by atoms with van der Waals surface area (Å²) in [5.74, 6) is -0.270. The second-order valence-corrected chi connectivity index (χ2v) is 8.23. The minimum absolute atomic E-state index is 0.270. The van der Waals surface area contributed by atoms with Gasteiger partial charge in [-0.3, -0.25) is 0 Å². The molecule has 0 aliphatic rings. The van der Waals surface area contributed by atoms with Gasteiger partial charge in [-0.2, -0.15) is 0 Å². The van der Waals surface area contributed by atoms with Crippen LogP contribution >= 0.6 is 11.6 Å². The van der Waals surface area contributed by atoms with Crippen LogP contribution in [0.3, 0.4) is 0 Å². The van der Waals surface area contributed by atoms with E-state index in [4.69, 9.17) is 16.4 Å². The summed E-state index contributed by atoms with van der Waals surface area (Å²) >= 11 is 6.27. The zero-order chi connectivity index (χ0) is 22.7. The van der Waals surface area contributed by atoms with Crippen molar-refractivity contribution in [3.8, 4) is 16.9 Å². The maximum Gasteiger partial charge on any atom is 0.142 e. The van der Waals surface area contributed by atoms with Gasteiger partial charge < -0.3 is 9.40 Å². The van der Waals surface area contributed by atoms with Gasteiger partial charge in [0.25, 0.3) is 0 Å². The Hall–Kier alpha value is -3.37. The fourth-order valence-corrected chi connectivity index (χ4v) is 3.99. The molecule has 3 aromatic carbocycles. The van der Waals surface area contributed by atoms with Gasteiger partial charge in [-0.1, -0.05) is 52.7 Å². The van der Waals surface area contributed by atoms with Crippen LogP contribution in [0, 0.1) is 19.7 Å². The molecule has 1 heterocycles. The summed E-state index contributed by atoms with van der Waals surface area (Å²) in [5.41, 5.74) is 7.71. The molecule has 4 aromatic rings. The molecule has 0 aliphatic heterocycles. The van der Waals surface area contributed by atoms with E-state index in [1.165, 1.54) is 17.7 Å². The molecular formula is C27H24ClFN2O. The highest BCUT2D eigenvalue weighted by atomic mass is 35.5.